The van der Waals surface area contributed by atoms with Gasteiger partial charge in [-0.2, -0.15) is 4.31 Å². The minimum Gasteiger partial charge on any atom is -0.379 e. The third-order valence-electron chi connectivity index (χ3n) is 3.38. The van der Waals surface area contributed by atoms with Crippen molar-refractivity contribution in [2.24, 2.45) is 0 Å². The van der Waals surface area contributed by atoms with Crippen molar-refractivity contribution in [2.45, 2.75) is 4.90 Å². The van der Waals surface area contributed by atoms with Crippen molar-refractivity contribution in [3.63, 3.8) is 0 Å². The Balaban J connectivity index is 2.15. The summed E-state index contributed by atoms with van der Waals surface area (Å²) in [5.41, 5.74) is -1.01. The first-order chi connectivity index (χ1) is 10.00. The van der Waals surface area contributed by atoms with Crippen LogP contribution in [-0.2, 0) is 14.8 Å². The van der Waals surface area contributed by atoms with E-state index >= 15 is 0 Å². The van der Waals surface area contributed by atoms with Crippen molar-refractivity contribution in [3.05, 3.63) is 38.9 Å². The van der Waals surface area contributed by atoms with Crippen LogP contribution in [0.15, 0.2) is 32.7 Å². The molecule has 2 heterocycles. The van der Waals surface area contributed by atoms with Crippen molar-refractivity contribution in [1.82, 2.24) is 14.5 Å². The lowest BCUT2D eigenvalue weighted by atomic mass is 10.2. The topological polar surface area (TPSA) is 112 Å². The number of hydrogen-bond donors (Lipinski definition) is 2. The van der Waals surface area contributed by atoms with E-state index in [9.17, 15) is 18.0 Å². The molecule has 0 aliphatic carbocycles. The average Bonchev–Trinajstić information content (AvgIpc) is 2.51. The molecule has 0 bridgehead atoms. The summed E-state index contributed by atoms with van der Waals surface area (Å²) < 4.78 is 31.4. The van der Waals surface area contributed by atoms with Crippen LogP contribution in [0.3, 0.4) is 0 Å². The van der Waals surface area contributed by atoms with Gasteiger partial charge in [-0.3, -0.25) is 19.8 Å². The van der Waals surface area contributed by atoms with Gasteiger partial charge in [0.1, 0.15) is 0 Å². The van der Waals surface area contributed by atoms with Gasteiger partial charge in [0.2, 0.25) is 10.0 Å². The minimum absolute atomic E-state index is 0.00648. The number of H-pyrrole nitrogens is 2. The lowest BCUT2D eigenvalue weighted by Gasteiger charge is -2.26. The Morgan fingerprint density at radius 3 is 2.29 bits per heavy atom. The van der Waals surface area contributed by atoms with Gasteiger partial charge in [0.05, 0.1) is 28.9 Å². The fourth-order valence-electron chi connectivity index (χ4n) is 2.25. The standard InChI is InChI=1S/C12H13N3O5S/c16-11-9-2-1-8(7-10(9)12(17)14-13-11)21(18,19)15-3-5-20-6-4-15/h1-2,7H,3-6H2,(H,13,16)(H,14,17). The largest absolute Gasteiger partial charge is 0.379 e. The van der Waals surface area contributed by atoms with E-state index in [-0.39, 0.29) is 28.8 Å². The molecule has 0 saturated carbocycles. The molecule has 21 heavy (non-hydrogen) atoms. The Hall–Kier alpha value is -1.97. The molecule has 8 nitrogen and oxygen atoms in total. The van der Waals surface area contributed by atoms with Crippen LogP contribution in [-0.4, -0.2) is 49.2 Å². The monoisotopic (exact) mass is 311 g/mol. The highest BCUT2D eigenvalue weighted by Crippen LogP contribution is 2.19. The molecule has 1 saturated heterocycles. The maximum Gasteiger partial charge on any atom is 0.270 e. The highest BCUT2D eigenvalue weighted by atomic mass is 32.2. The van der Waals surface area contributed by atoms with Gasteiger partial charge in [-0.05, 0) is 18.2 Å². The molecule has 0 radical (unpaired) electrons. The summed E-state index contributed by atoms with van der Waals surface area (Å²) in [6.45, 7) is 1.22. The smallest absolute Gasteiger partial charge is 0.270 e. The second-order valence-corrected chi connectivity index (χ2v) is 6.57. The maximum absolute atomic E-state index is 12.5. The molecule has 1 aromatic heterocycles. The Morgan fingerprint density at radius 2 is 1.62 bits per heavy atom. The lowest BCUT2D eigenvalue weighted by molar-refractivity contribution is 0.0730. The van der Waals surface area contributed by atoms with Gasteiger partial charge in [-0.25, -0.2) is 8.42 Å². The zero-order valence-electron chi connectivity index (χ0n) is 11.0. The van der Waals surface area contributed by atoms with Crippen LogP contribution in [0.4, 0.5) is 0 Å². The van der Waals surface area contributed by atoms with Gasteiger partial charge in [-0.1, -0.05) is 0 Å². The summed E-state index contributed by atoms with van der Waals surface area (Å²) in [5, 5.41) is 4.58. The van der Waals surface area contributed by atoms with Gasteiger partial charge >= 0.3 is 0 Å². The van der Waals surface area contributed by atoms with Crippen molar-refractivity contribution < 1.29 is 13.2 Å². The lowest BCUT2D eigenvalue weighted by Crippen LogP contribution is -2.40. The molecule has 0 spiro atoms. The summed E-state index contributed by atoms with van der Waals surface area (Å²) in [7, 11) is -3.69. The highest BCUT2D eigenvalue weighted by molar-refractivity contribution is 7.89. The quantitative estimate of drug-likeness (QED) is 0.757. The normalized spacial score (nSPS) is 17.1. The highest BCUT2D eigenvalue weighted by Gasteiger charge is 2.26. The van der Waals surface area contributed by atoms with E-state index in [1.54, 1.807) is 0 Å². The summed E-state index contributed by atoms with van der Waals surface area (Å²) >= 11 is 0. The van der Waals surface area contributed by atoms with Crippen LogP contribution in [0.1, 0.15) is 0 Å². The number of hydrogen-bond acceptors (Lipinski definition) is 5. The number of aromatic amines is 2. The first-order valence-electron chi connectivity index (χ1n) is 6.33. The van der Waals surface area contributed by atoms with E-state index in [1.807, 2.05) is 0 Å². The van der Waals surface area contributed by atoms with E-state index < -0.39 is 21.1 Å². The predicted molar refractivity (Wildman–Crippen MR) is 74.8 cm³/mol. The Morgan fingerprint density at radius 1 is 1.00 bits per heavy atom. The molecule has 2 N–H and O–H groups in total. The zero-order valence-corrected chi connectivity index (χ0v) is 11.8. The van der Waals surface area contributed by atoms with Crippen LogP contribution in [0, 0.1) is 0 Å². The fourth-order valence-corrected chi connectivity index (χ4v) is 3.69. The van der Waals surface area contributed by atoms with Crippen LogP contribution < -0.4 is 11.1 Å². The number of morpholine rings is 1. The molecule has 0 amide bonds. The van der Waals surface area contributed by atoms with Crippen LogP contribution in [0.5, 0.6) is 0 Å². The summed E-state index contributed by atoms with van der Waals surface area (Å²) in [5.74, 6) is 0. The zero-order chi connectivity index (χ0) is 15.0. The molecule has 9 heteroatoms. The molecule has 1 aromatic carbocycles. The summed E-state index contributed by atoms with van der Waals surface area (Å²) in [6, 6.07) is 3.91. The Kier molecular flexibility index (Phi) is 3.40. The number of fused-ring (bicyclic) bond motifs is 1. The first-order valence-corrected chi connectivity index (χ1v) is 7.77. The number of benzene rings is 1. The number of nitrogens with one attached hydrogen (secondary N) is 2. The van der Waals surface area contributed by atoms with Gasteiger partial charge in [-0.15, -0.1) is 0 Å². The van der Waals surface area contributed by atoms with Crippen LogP contribution >= 0.6 is 0 Å². The third-order valence-corrected chi connectivity index (χ3v) is 5.27. The molecule has 0 unspecified atom stereocenters. The van der Waals surface area contributed by atoms with Gasteiger partial charge in [0.15, 0.2) is 0 Å². The van der Waals surface area contributed by atoms with Crippen LogP contribution in [0.2, 0.25) is 0 Å². The first kappa shape index (κ1) is 14.0. The summed E-state index contributed by atoms with van der Waals surface area (Å²) in [4.78, 5) is 23.3. The van der Waals surface area contributed by atoms with Gasteiger partial charge in [0.25, 0.3) is 11.1 Å². The summed E-state index contributed by atoms with van der Waals surface area (Å²) in [6.07, 6.45) is 0. The molecular weight excluding hydrogens is 298 g/mol. The Bertz CT molecular complexity index is 893. The third kappa shape index (κ3) is 2.39. The van der Waals surface area contributed by atoms with Crippen molar-refractivity contribution in [3.8, 4) is 0 Å². The SMILES string of the molecule is O=c1[nH][nH]c(=O)c2cc(S(=O)(=O)N3CCOCC3)ccc12. The predicted octanol–water partition coefficient (Wildman–Crippen LogP) is -0.763. The van der Waals surface area contributed by atoms with E-state index in [4.69, 9.17) is 4.74 Å². The average molecular weight is 311 g/mol. The fraction of sp³-hybridized carbons (Fsp3) is 0.333. The molecule has 3 rings (SSSR count). The number of ether oxygens (including phenoxy) is 1. The number of rotatable bonds is 2. The molecule has 1 aliphatic rings. The second-order valence-electron chi connectivity index (χ2n) is 4.63. The van der Waals surface area contributed by atoms with E-state index in [0.29, 0.717) is 13.2 Å². The number of sulfonamides is 1. The van der Waals surface area contributed by atoms with E-state index in [0.717, 1.165) is 0 Å². The van der Waals surface area contributed by atoms with E-state index in [2.05, 4.69) is 10.2 Å². The second kappa shape index (κ2) is 5.10. The molecule has 1 aliphatic heterocycles. The van der Waals surface area contributed by atoms with Crippen molar-refractivity contribution in [2.75, 3.05) is 26.3 Å². The molecule has 1 fully saturated rings. The molecule has 112 valence electrons. The van der Waals surface area contributed by atoms with Crippen molar-refractivity contribution >= 4 is 20.8 Å². The van der Waals surface area contributed by atoms with Crippen LogP contribution in [0.25, 0.3) is 10.8 Å². The van der Waals surface area contributed by atoms with Gasteiger partial charge < -0.3 is 4.74 Å². The molecule has 2 aromatic rings. The number of nitrogens with zero attached hydrogens (tertiary/aromatic N) is 1. The molecule has 0 atom stereocenters. The minimum atomic E-state index is -3.69. The van der Waals surface area contributed by atoms with Gasteiger partial charge in [0, 0.05) is 13.1 Å². The number of aromatic nitrogens is 2. The van der Waals surface area contributed by atoms with Crippen molar-refractivity contribution in [1.29, 1.82) is 0 Å². The molecular formula is C12H13N3O5S. The van der Waals surface area contributed by atoms with E-state index in [1.165, 1.54) is 22.5 Å². The Labute approximate surface area is 119 Å². The maximum atomic E-state index is 12.5.